The average Bonchev–Trinajstić information content (AvgIpc) is 3.06. The number of hydrogen-bond acceptors (Lipinski definition) is 6. The average molecular weight is 431 g/mol. The van der Waals surface area contributed by atoms with Crippen LogP contribution < -0.4 is 10.0 Å². The number of carboxylic acid groups (broad SMARTS) is 1. The highest BCUT2D eigenvalue weighted by atomic mass is 79.9. The van der Waals surface area contributed by atoms with E-state index in [0.29, 0.717) is 34.7 Å². The van der Waals surface area contributed by atoms with E-state index in [9.17, 15) is 18.3 Å². The summed E-state index contributed by atoms with van der Waals surface area (Å²) < 4.78 is 29.4. The third-order valence-electron chi connectivity index (χ3n) is 4.71. The minimum atomic E-state index is -3.85. The van der Waals surface area contributed by atoms with Gasteiger partial charge in [0.2, 0.25) is 10.0 Å². The number of fused-ring (bicyclic) bond motifs is 3. The topological polar surface area (TPSA) is 130 Å². The Morgan fingerprint density at radius 1 is 1.32 bits per heavy atom. The Morgan fingerprint density at radius 2 is 1.96 bits per heavy atom. The van der Waals surface area contributed by atoms with Crippen LogP contribution in [0.25, 0.3) is 11.1 Å². The number of anilines is 1. The van der Waals surface area contributed by atoms with Crippen molar-refractivity contribution in [3.05, 3.63) is 16.6 Å². The number of sulfonamides is 1. The van der Waals surface area contributed by atoms with Crippen molar-refractivity contribution in [2.45, 2.75) is 29.8 Å². The molecule has 2 aliphatic rings. The molecular formula is C14H15BrN4O5S. The lowest BCUT2D eigenvalue weighted by molar-refractivity contribution is 0.114. The number of oxazole rings is 1. The van der Waals surface area contributed by atoms with Gasteiger partial charge in [-0.15, -0.1) is 0 Å². The highest BCUT2D eigenvalue weighted by molar-refractivity contribution is 9.10. The number of halogens is 1. The summed E-state index contributed by atoms with van der Waals surface area (Å²) in [5, 5.41) is 14.5. The second kappa shape index (κ2) is 5.58. The number of nitrogens with two attached hydrogens (primary N) is 1. The van der Waals surface area contributed by atoms with Crippen LogP contribution in [-0.4, -0.2) is 54.7 Å². The van der Waals surface area contributed by atoms with Crippen LogP contribution in [0.4, 0.5) is 10.8 Å². The van der Waals surface area contributed by atoms with E-state index < -0.39 is 16.1 Å². The van der Waals surface area contributed by atoms with Gasteiger partial charge in [0.1, 0.15) is 5.52 Å². The second-order valence-corrected chi connectivity index (χ2v) is 8.69. The summed E-state index contributed by atoms with van der Waals surface area (Å²) >= 11 is 3.28. The molecule has 3 heterocycles. The van der Waals surface area contributed by atoms with Crippen molar-refractivity contribution < 1.29 is 22.7 Å². The molecule has 1 aromatic carbocycles. The molecule has 2 saturated heterocycles. The van der Waals surface area contributed by atoms with Gasteiger partial charge in [-0.25, -0.2) is 18.4 Å². The maximum Gasteiger partial charge on any atom is 0.407 e. The van der Waals surface area contributed by atoms with E-state index >= 15 is 0 Å². The molecule has 2 aromatic rings. The second-order valence-electron chi connectivity index (χ2n) is 6.27. The van der Waals surface area contributed by atoms with E-state index in [-0.39, 0.29) is 17.0 Å². The smallest absolute Gasteiger partial charge is 0.407 e. The van der Waals surface area contributed by atoms with Crippen LogP contribution in [0.2, 0.25) is 0 Å². The lowest BCUT2D eigenvalue weighted by Gasteiger charge is -2.38. The summed E-state index contributed by atoms with van der Waals surface area (Å²) in [6, 6.07) is 2.91. The molecule has 1 amide bonds. The summed E-state index contributed by atoms with van der Waals surface area (Å²) in [5.74, 6) is 0. The Kier molecular flexibility index (Phi) is 3.71. The molecule has 0 spiro atoms. The predicted molar refractivity (Wildman–Crippen MR) is 92.0 cm³/mol. The van der Waals surface area contributed by atoms with Gasteiger partial charge < -0.3 is 14.4 Å². The minimum Gasteiger partial charge on any atom is -0.465 e. The highest BCUT2D eigenvalue weighted by Gasteiger charge is 2.43. The third-order valence-corrected chi connectivity index (χ3v) is 6.19. The van der Waals surface area contributed by atoms with E-state index in [1.165, 1.54) is 17.0 Å². The first-order chi connectivity index (χ1) is 11.7. The molecule has 2 unspecified atom stereocenters. The molecule has 0 aliphatic carbocycles. The number of primary sulfonamides is 1. The summed E-state index contributed by atoms with van der Waals surface area (Å²) in [6.07, 6.45) is 0.727. The zero-order chi connectivity index (χ0) is 17.9. The molecule has 0 saturated carbocycles. The Balaban J connectivity index is 1.69. The van der Waals surface area contributed by atoms with E-state index in [2.05, 4.69) is 20.9 Å². The van der Waals surface area contributed by atoms with Crippen molar-refractivity contribution in [1.82, 2.24) is 9.88 Å². The van der Waals surface area contributed by atoms with Crippen LogP contribution in [-0.2, 0) is 10.0 Å². The van der Waals surface area contributed by atoms with Gasteiger partial charge in [-0.2, -0.15) is 4.98 Å². The lowest BCUT2D eigenvalue weighted by atomic mass is 10.2. The maximum atomic E-state index is 11.6. The quantitative estimate of drug-likeness (QED) is 0.738. The molecule has 0 radical (unpaired) electrons. The number of piperazine rings is 1. The highest BCUT2D eigenvalue weighted by Crippen LogP contribution is 2.35. The van der Waals surface area contributed by atoms with Crippen molar-refractivity contribution in [3.63, 3.8) is 0 Å². The molecule has 9 nitrogen and oxygen atoms in total. The molecule has 25 heavy (non-hydrogen) atoms. The van der Waals surface area contributed by atoms with Crippen molar-refractivity contribution in [1.29, 1.82) is 0 Å². The van der Waals surface area contributed by atoms with Gasteiger partial charge in [0.05, 0.1) is 21.5 Å². The fraction of sp³-hybridized carbons (Fsp3) is 0.429. The van der Waals surface area contributed by atoms with Crippen LogP contribution >= 0.6 is 15.9 Å². The molecule has 2 atom stereocenters. The van der Waals surface area contributed by atoms with Crippen molar-refractivity contribution in [3.8, 4) is 0 Å². The van der Waals surface area contributed by atoms with Crippen LogP contribution in [0.3, 0.4) is 0 Å². The first-order valence-corrected chi connectivity index (χ1v) is 9.97. The zero-order valence-corrected chi connectivity index (χ0v) is 15.3. The normalized spacial score (nSPS) is 23.4. The molecule has 2 fully saturated rings. The van der Waals surface area contributed by atoms with Gasteiger partial charge in [0, 0.05) is 13.1 Å². The van der Waals surface area contributed by atoms with E-state index in [1.807, 2.05) is 4.90 Å². The van der Waals surface area contributed by atoms with Crippen molar-refractivity contribution >= 4 is 49.2 Å². The van der Waals surface area contributed by atoms with E-state index in [4.69, 9.17) is 9.56 Å². The van der Waals surface area contributed by atoms with Crippen LogP contribution in [0.15, 0.2) is 25.9 Å². The van der Waals surface area contributed by atoms with Crippen molar-refractivity contribution in [2.24, 2.45) is 5.14 Å². The van der Waals surface area contributed by atoms with Crippen LogP contribution in [0.5, 0.6) is 0 Å². The lowest BCUT2D eigenvalue weighted by Crippen LogP contribution is -2.55. The summed E-state index contributed by atoms with van der Waals surface area (Å²) in [5.41, 5.74) is 0.803. The van der Waals surface area contributed by atoms with Crippen LogP contribution in [0, 0.1) is 0 Å². The Morgan fingerprint density at radius 3 is 2.52 bits per heavy atom. The van der Waals surface area contributed by atoms with Crippen LogP contribution in [0.1, 0.15) is 12.8 Å². The number of aromatic nitrogens is 1. The molecular weight excluding hydrogens is 416 g/mol. The predicted octanol–water partition coefficient (Wildman–Crippen LogP) is 1.57. The van der Waals surface area contributed by atoms with Gasteiger partial charge in [0.15, 0.2) is 5.58 Å². The first kappa shape index (κ1) is 16.6. The summed E-state index contributed by atoms with van der Waals surface area (Å²) in [6.45, 7) is 0.991. The number of nitrogens with zero attached hydrogens (tertiary/aromatic N) is 3. The summed E-state index contributed by atoms with van der Waals surface area (Å²) in [4.78, 5) is 19.1. The Hall–Kier alpha value is -1.85. The zero-order valence-electron chi connectivity index (χ0n) is 12.9. The number of rotatable bonds is 2. The van der Waals surface area contributed by atoms with E-state index in [1.54, 1.807) is 0 Å². The fourth-order valence-electron chi connectivity index (χ4n) is 3.63. The Labute approximate surface area is 151 Å². The summed E-state index contributed by atoms with van der Waals surface area (Å²) in [7, 11) is -3.85. The Bertz CT molecular complexity index is 961. The number of benzene rings is 1. The maximum absolute atomic E-state index is 11.6. The van der Waals surface area contributed by atoms with Gasteiger partial charge in [-0.05, 0) is 40.9 Å². The largest absolute Gasteiger partial charge is 0.465 e. The number of hydrogen-bond donors (Lipinski definition) is 2. The number of carbonyl (C=O) groups is 1. The van der Waals surface area contributed by atoms with Gasteiger partial charge in [0.25, 0.3) is 6.01 Å². The van der Waals surface area contributed by atoms with E-state index in [0.717, 1.165) is 12.8 Å². The number of amides is 1. The molecule has 3 N–H and O–H groups in total. The third kappa shape index (κ3) is 2.75. The SMILES string of the molecule is NS(=O)(=O)c1cc(Br)c2oc(N3CC4CCC(C3)N4C(=O)O)nc2c1. The first-order valence-electron chi connectivity index (χ1n) is 7.63. The monoisotopic (exact) mass is 430 g/mol. The molecule has 4 rings (SSSR count). The molecule has 134 valence electrons. The fourth-order valence-corrected chi connectivity index (χ4v) is 4.87. The minimum absolute atomic E-state index is 0.0532. The molecule has 2 aliphatic heterocycles. The van der Waals surface area contributed by atoms with Gasteiger partial charge in [-0.1, -0.05) is 0 Å². The van der Waals surface area contributed by atoms with Crippen molar-refractivity contribution in [2.75, 3.05) is 18.0 Å². The van der Waals surface area contributed by atoms with Gasteiger partial charge >= 0.3 is 6.09 Å². The van der Waals surface area contributed by atoms with Gasteiger partial charge in [-0.3, -0.25) is 4.90 Å². The standard InChI is InChI=1S/C14H15BrN4O5S/c15-10-3-9(25(16,22)23)4-11-12(10)24-13(17-11)18-5-7-1-2-8(6-18)19(7)14(20)21/h3-4,7-8H,1-2,5-6H2,(H,20,21)(H2,16,22,23). The molecule has 11 heteroatoms. The molecule has 1 aromatic heterocycles. The molecule has 2 bridgehead atoms.